The number of ether oxygens (including phenoxy) is 1. The highest BCUT2D eigenvalue weighted by Gasteiger charge is 2.18. The molecule has 2 aromatic carbocycles. The molecule has 0 spiro atoms. The molecule has 0 radical (unpaired) electrons. The number of hydrogen-bond acceptors (Lipinski definition) is 6. The lowest BCUT2D eigenvalue weighted by molar-refractivity contribution is 0.376. The SMILES string of the molecule is COc1ccc(-c2noc(CNS(=O)(=O)c3ccccc3C)n2)cc1. The third-order valence-electron chi connectivity index (χ3n) is 3.61. The molecule has 25 heavy (non-hydrogen) atoms. The number of hydrogen-bond donors (Lipinski definition) is 1. The van der Waals surface area contributed by atoms with E-state index in [0.29, 0.717) is 11.4 Å². The molecular weight excluding hydrogens is 342 g/mol. The summed E-state index contributed by atoms with van der Waals surface area (Å²) in [6, 6.07) is 13.9. The average molecular weight is 359 g/mol. The molecule has 0 aliphatic rings. The molecule has 0 aliphatic carbocycles. The first-order valence-corrected chi connectivity index (χ1v) is 9.00. The number of aryl methyl sites for hydroxylation is 1. The van der Waals surface area contributed by atoms with Gasteiger partial charge in [-0.2, -0.15) is 4.98 Å². The van der Waals surface area contributed by atoms with Gasteiger partial charge in [-0.25, -0.2) is 13.1 Å². The fourth-order valence-electron chi connectivity index (χ4n) is 2.28. The van der Waals surface area contributed by atoms with E-state index < -0.39 is 10.0 Å². The van der Waals surface area contributed by atoms with Crippen LogP contribution < -0.4 is 9.46 Å². The van der Waals surface area contributed by atoms with E-state index in [1.54, 1.807) is 62.6 Å². The van der Waals surface area contributed by atoms with Gasteiger partial charge in [-0.1, -0.05) is 23.4 Å². The van der Waals surface area contributed by atoms with Gasteiger partial charge >= 0.3 is 0 Å². The highest BCUT2D eigenvalue weighted by Crippen LogP contribution is 2.20. The Labute approximate surface area is 145 Å². The molecule has 8 heteroatoms. The van der Waals surface area contributed by atoms with E-state index in [-0.39, 0.29) is 17.3 Å². The van der Waals surface area contributed by atoms with Crippen LogP contribution in [-0.4, -0.2) is 25.7 Å². The van der Waals surface area contributed by atoms with Crippen LogP contribution in [0.25, 0.3) is 11.4 Å². The summed E-state index contributed by atoms with van der Waals surface area (Å²) < 4.78 is 37.4. The minimum atomic E-state index is -3.65. The molecule has 7 nitrogen and oxygen atoms in total. The fourth-order valence-corrected chi connectivity index (χ4v) is 3.50. The largest absolute Gasteiger partial charge is 0.497 e. The summed E-state index contributed by atoms with van der Waals surface area (Å²) in [6.45, 7) is 1.66. The molecule has 3 rings (SSSR count). The maximum Gasteiger partial charge on any atom is 0.242 e. The van der Waals surface area contributed by atoms with Crippen LogP contribution in [0.5, 0.6) is 5.75 Å². The number of rotatable bonds is 6. The Balaban J connectivity index is 1.72. The predicted octanol–water partition coefficient (Wildman–Crippen LogP) is 2.53. The summed E-state index contributed by atoms with van der Waals surface area (Å²) in [4.78, 5) is 4.44. The molecule has 1 N–H and O–H groups in total. The first kappa shape index (κ1) is 17.1. The van der Waals surface area contributed by atoms with Crippen molar-refractivity contribution in [2.45, 2.75) is 18.4 Å². The zero-order valence-electron chi connectivity index (χ0n) is 13.8. The highest BCUT2D eigenvalue weighted by molar-refractivity contribution is 7.89. The van der Waals surface area contributed by atoms with Crippen molar-refractivity contribution in [2.24, 2.45) is 0 Å². The van der Waals surface area contributed by atoms with Gasteiger partial charge in [0.2, 0.25) is 21.7 Å². The Morgan fingerprint density at radius 2 is 1.84 bits per heavy atom. The van der Waals surface area contributed by atoms with Crippen molar-refractivity contribution in [3.8, 4) is 17.1 Å². The molecule has 130 valence electrons. The third kappa shape index (κ3) is 3.86. The molecule has 0 atom stereocenters. The van der Waals surface area contributed by atoms with E-state index in [4.69, 9.17) is 9.26 Å². The lowest BCUT2D eigenvalue weighted by atomic mass is 10.2. The minimum Gasteiger partial charge on any atom is -0.497 e. The molecule has 3 aromatic rings. The molecule has 0 amide bonds. The van der Waals surface area contributed by atoms with Crippen LogP contribution in [0.15, 0.2) is 57.9 Å². The number of benzene rings is 2. The number of nitrogens with zero attached hydrogens (tertiary/aromatic N) is 2. The van der Waals surface area contributed by atoms with Crippen LogP contribution in [0.1, 0.15) is 11.5 Å². The van der Waals surface area contributed by atoms with E-state index in [9.17, 15) is 8.42 Å². The molecule has 0 bridgehead atoms. The molecule has 1 heterocycles. The second-order valence-corrected chi connectivity index (χ2v) is 7.07. The predicted molar refractivity (Wildman–Crippen MR) is 91.5 cm³/mol. The van der Waals surface area contributed by atoms with E-state index in [0.717, 1.165) is 11.3 Å². The van der Waals surface area contributed by atoms with Crippen LogP contribution in [0.3, 0.4) is 0 Å². The van der Waals surface area contributed by atoms with E-state index in [2.05, 4.69) is 14.9 Å². The molecule has 0 fully saturated rings. The summed E-state index contributed by atoms with van der Waals surface area (Å²) in [5, 5.41) is 3.87. The lowest BCUT2D eigenvalue weighted by Gasteiger charge is -2.07. The molecule has 0 aliphatic heterocycles. The molecule has 1 aromatic heterocycles. The quantitative estimate of drug-likeness (QED) is 0.727. The number of methoxy groups -OCH3 is 1. The van der Waals surface area contributed by atoms with Gasteiger partial charge < -0.3 is 9.26 Å². The van der Waals surface area contributed by atoms with Crippen LogP contribution in [0.2, 0.25) is 0 Å². The Hall–Kier alpha value is -2.71. The highest BCUT2D eigenvalue weighted by atomic mass is 32.2. The fraction of sp³-hybridized carbons (Fsp3) is 0.176. The topological polar surface area (TPSA) is 94.3 Å². The Morgan fingerprint density at radius 1 is 1.12 bits per heavy atom. The Morgan fingerprint density at radius 3 is 2.52 bits per heavy atom. The number of sulfonamides is 1. The van der Waals surface area contributed by atoms with Gasteiger partial charge in [0.25, 0.3) is 0 Å². The van der Waals surface area contributed by atoms with Gasteiger partial charge in [0.1, 0.15) is 5.75 Å². The van der Waals surface area contributed by atoms with E-state index in [1.165, 1.54) is 0 Å². The van der Waals surface area contributed by atoms with Crippen molar-refractivity contribution in [1.29, 1.82) is 0 Å². The maximum absolute atomic E-state index is 12.4. The molecule has 0 unspecified atom stereocenters. The van der Waals surface area contributed by atoms with Crippen LogP contribution in [0, 0.1) is 6.92 Å². The van der Waals surface area contributed by atoms with Crippen molar-refractivity contribution in [3.63, 3.8) is 0 Å². The summed E-state index contributed by atoms with van der Waals surface area (Å²) in [6.07, 6.45) is 0. The second-order valence-electron chi connectivity index (χ2n) is 5.33. The van der Waals surface area contributed by atoms with Gasteiger partial charge in [0, 0.05) is 5.56 Å². The molecular formula is C17H17N3O4S. The van der Waals surface area contributed by atoms with Gasteiger partial charge in [-0.3, -0.25) is 0 Å². The first-order valence-electron chi connectivity index (χ1n) is 7.52. The van der Waals surface area contributed by atoms with Crippen molar-refractivity contribution in [2.75, 3.05) is 7.11 Å². The lowest BCUT2D eigenvalue weighted by Crippen LogP contribution is -2.24. The first-order chi connectivity index (χ1) is 12.0. The van der Waals surface area contributed by atoms with Crippen molar-refractivity contribution < 1.29 is 17.7 Å². The summed E-state index contributed by atoms with van der Waals surface area (Å²) in [7, 11) is -2.06. The molecule has 0 saturated carbocycles. The Bertz CT molecular complexity index is 966. The smallest absolute Gasteiger partial charge is 0.242 e. The Kier molecular flexibility index (Phi) is 4.82. The van der Waals surface area contributed by atoms with Crippen LogP contribution in [-0.2, 0) is 16.6 Å². The van der Waals surface area contributed by atoms with Crippen molar-refractivity contribution in [1.82, 2.24) is 14.9 Å². The van der Waals surface area contributed by atoms with E-state index >= 15 is 0 Å². The minimum absolute atomic E-state index is 0.0835. The zero-order valence-corrected chi connectivity index (χ0v) is 14.6. The number of aromatic nitrogens is 2. The van der Waals surface area contributed by atoms with E-state index in [1.807, 2.05) is 0 Å². The third-order valence-corrected chi connectivity index (χ3v) is 5.17. The summed E-state index contributed by atoms with van der Waals surface area (Å²) >= 11 is 0. The van der Waals surface area contributed by atoms with Crippen LogP contribution >= 0.6 is 0 Å². The van der Waals surface area contributed by atoms with Crippen molar-refractivity contribution >= 4 is 10.0 Å². The second kappa shape index (κ2) is 7.04. The normalized spacial score (nSPS) is 11.4. The average Bonchev–Trinajstić information content (AvgIpc) is 3.09. The molecule has 0 saturated heterocycles. The van der Waals surface area contributed by atoms with Gasteiger partial charge in [0.15, 0.2) is 0 Å². The van der Waals surface area contributed by atoms with Gasteiger partial charge in [-0.15, -0.1) is 0 Å². The monoisotopic (exact) mass is 359 g/mol. The summed E-state index contributed by atoms with van der Waals surface area (Å²) in [5.41, 5.74) is 1.41. The standard InChI is InChI=1S/C17H17N3O4S/c1-12-5-3-4-6-15(12)25(21,22)18-11-16-19-17(20-24-16)13-7-9-14(23-2)10-8-13/h3-10,18H,11H2,1-2H3. The maximum atomic E-state index is 12.4. The van der Waals surface area contributed by atoms with Gasteiger partial charge in [-0.05, 0) is 42.8 Å². The summed E-state index contributed by atoms with van der Waals surface area (Å²) in [5.74, 6) is 1.29. The van der Waals surface area contributed by atoms with Crippen LogP contribution in [0.4, 0.5) is 0 Å². The number of nitrogens with one attached hydrogen (secondary N) is 1. The van der Waals surface area contributed by atoms with Crippen molar-refractivity contribution in [3.05, 3.63) is 60.0 Å². The van der Waals surface area contributed by atoms with Gasteiger partial charge in [0.05, 0.1) is 18.6 Å². The zero-order chi connectivity index (χ0) is 17.9.